The molecular formula is C18H16F3N3O3. The number of nitrogens with zero attached hydrogens (tertiary/aromatic N) is 2. The van der Waals surface area contributed by atoms with Crippen LogP contribution < -0.4 is 5.32 Å². The Morgan fingerprint density at radius 2 is 1.93 bits per heavy atom. The summed E-state index contributed by atoms with van der Waals surface area (Å²) in [7, 11) is 0. The lowest BCUT2D eigenvalue weighted by molar-refractivity contribution is -0.137. The summed E-state index contributed by atoms with van der Waals surface area (Å²) < 4.78 is 43.5. The van der Waals surface area contributed by atoms with Crippen molar-refractivity contribution in [3.05, 3.63) is 52.9 Å². The quantitative estimate of drug-likeness (QED) is 0.890. The standard InChI is InChI=1S/C18H16F3N3O3/c19-18(20,21)12-5-3-11(4-6-12)15-16(25)22-7-8-24(15)17(26)13-9-14(27-23-13)10-1-2-10/h3-6,9-10,15H,1-2,7-8H2,(H,22,25). The molecule has 2 aromatic rings. The molecule has 1 aliphatic carbocycles. The van der Waals surface area contributed by atoms with E-state index in [0.717, 1.165) is 25.0 Å². The van der Waals surface area contributed by atoms with Crippen molar-refractivity contribution in [3.63, 3.8) is 0 Å². The van der Waals surface area contributed by atoms with Gasteiger partial charge in [-0.2, -0.15) is 13.2 Å². The minimum Gasteiger partial charge on any atom is -0.360 e. The number of carbonyl (C=O) groups is 2. The molecule has 1 saturated heterocycles. The molecule has 1 saturated carbocycles. The Morgan fingerprint density at radius 1 is 1.22 bits per heavy atom. The lowest BCUT2D eigenvalue weighted by Gasteiger charge is -2.34. The third-order valence-electron chi connectivity index (χ3n) is 4.75. The van der Waals surface area contributed by atoms with Crippen LogP contribution in [-0.2, 0) is 11.0 Å². The summed E-state index contributed by atoms with van der Waals surface area (Å²) in [5, 5.41) is 6.45. The zero-order valence-electron chi connectivity index (χ0n) is 14.1. The molecule has 1 aromatic heterocycles. The Labute approximate surface area is 152 Å². The highest BCUT2D eigenvalue weighted by Crippen LogP contribution is 2.40. The summed E-state index contributed by atoms with van der Waals surface area (Å²) >= 11 is 0. The molecule has 142 valence electrons. The number of benzene rings is 1. The zero-order chi connectivity index (χ0) is 19.2. The van der Waals surface area contributed by atoms with Crippen LogP contribution in [0, 0.1) is 0 Å². The molecule has 27 heavy (non-hydrogen) atoms. The first-order valence-corrected chi connectivity index (χ1v) is 8.57. The second kappa shape index (κ2) is 6.40. The number of halogens is 3. The molecule has 9 heteroatoms. The Hall–Kier alpha value is -2.84. The molecule has 2 heterocycles. The predicted octanol–water partition coefficient (Wildman–Crippen LogP) is 2.88. The summed E-state index contributed by atoms with van der Waals surface area (Å²) in [6, 6.07) is 4.81. The van der Waals surface area contributed by atoms with Crippen LogP contribution in [0.2, 0.25) is 0 Å². The van der Waals surface area contributed by atoms with E-state index in [2.05, 4.69) is 10.5 Å². The van der Waals surface area contributed by atoms with Crippen molar-refractivity contribution in [2.24, 2.45) is 0 Å². The number of alkyl halides is 3. The molecule has 2 aliphatic rings. The first-order chi connectivity index (χ1) is 12.8. The molecule has 1 atom stereocenters. The van der Waals surface area contributed by atoms with Crippen LogP contribution in [-0.4, -0.2) is 35.0 Å². The van der Waals surface area contributed by atoms with Crippen molar-refractivity contribution in [2.75, 3.05) is 13.1 Å². The molecule has 6 nitrogen and oxygen atoms in total. The van der Waals surface area contributed by atoms with Gasteiger partial charge in [0, 0.05) is 25.1 Å². The molecule has 1 aliphatic heterocycles. The molecule has 4 rings (SSSR count). The van der Waals surface area contributed by atoms with Gasteiger partial charge in [-0.25, -0.2) is 0 Å². The number of rotatable bonds is 3. The van der Waals surface area contributed by atoms with E-state index in [1.165, 1.54) is 17.0 Å². The summed E-state index contributed by atoms with van der Waals surface area (Å²) in [5.74, 6) is 0.00553. The van der Waals surface area contributed by atoms with Crippen LogP contribution in [0.4, 0.5) is 13.2 Å². The fraction of sp³-hybridized carbons (Fsp3) is 0.389. The Balaban J connectivity index is 1.61. The van der Waals surface area contributed by atoms with Gasteiger partial charge >= 0.3 is 6.18 Å². The van der Waals surface area contributed by atoms with E-state index in [0.29, 0.717) is 11.3 Å². The first-order valence-electron chi connectivity index (χ1n) is 8.57. The van der Waals surface area contributed by atoms with E-state index in [-0.39, 0.29) is 24.7 Å². The maximum atomic E-state index is 12.9. The average Bonchev–Trinajstić information content (AvgIpc) is 3.37. The average molecular weight is 379 g/mol. The summed E-state index contributed by atoms with van der Waals surface area (Å²) in [6.45, 7) is 0.483. The van der Waals surface area contributed by atoms with E-state index in [9.17, 15) is 22.8 Å². The van der Waals surface area contributed by atoms with Gasteiger partial charge in [0.05, 0.1) is 5.56 Å². The molecule has 0 radical (unpaired) electrons. The van der Waals surface area contributed by atoms with E-state index >= 15 is 0 Å². The molecule has 0 bridgehead atoms. The van der Waals surface area contributed by atoms with Crippen molar-refractivity contribution in [1.29, 1.82) is 0 Å². The SMILES string of the molecule is O=C1NCCN(C(=O)c2cc(C3CC3)on2)C1c1ccc(C(F)(F)F)cc1. The molecule has 1 unspecified atom stereocenters. The molecule has 1 aromatic carbocycles. The van der Waals surface area contributed by atoms with Crippen LogP contribution in [0.3, 0.4) is 0 Å². The van der Waals surface area contributed by atoms with Gasteiger partial charge in [-0.1, -0.05) is 17.3 Å². The van der Waals surface area contributed by atoms with Crippen molar-refractivity contribution >= 4 is 11.8 Å². The molecule has 1 N–H and O–H groups in total. The minimum atomic E-state index is -4.47. The van der Waals surface area contributed by atoms with Crippen LogP contribution >= 0.6 is 0 Å². The van der Waals surface area contributed by atoms with Crippen molar-refractivity contribution < 1.29 is 27.3 Å². The largest absolute Gasteiger partial charge is 0.416 e. The first kappa shape index (κ1) is 17.6. The fourth-order valence-electron chi connectivity index (χ4n) is 3.17. The highest BCUT2D eigenvalue weighted by atomic mass is 19.4. The number of piperazine rings is 1. The van der Waals surface area contributed by atoms with Crippen LogP contribution in [0.5, 0.6) is 0 Å². The molecule has 2 fully saturated rings. The molecular weight excluding hydrogens is 363 g/mol. The lowest BCUT2D eigenvalue weighted by atomic mass is 10.00. The van der Waals surface area contributed by atoms with Gasteiger partial charge in [0.1, 0.15) is 11.8 Å². The molecule has 2 amide bonds. The summed E-state index contributed by atoms with van der Waals surface area (Å²) in [4.78, 5) is 26.5. The highest BCUT2D eigenvalue weighted by Gasteiger charge is 2.38. The van der Waals surface area contributed by atoms with E-state index in [1.54, 1.807) is 6.07 Å². The van der Waals surface area contributed by atoms with Crippen molar-refractivity contribution in [3.8, 4) is 0 Å². The van der Waals surface area contributed by atoms with Gasteiger partial charge in [0.25, 0.3) is 5.91 Å². The van der Waals surface area contributed by atoms with E-state index < -0.39 is 29.6 Å². The van der Waals surface area contributed by atoms with E-state index in [1.807, 2.05) is 0 Å². The van der Waals surface area contributed by atoms with Gasteiger partial charge in [0.15, 0.2) is 5.69 Å². The number of nitrogens with one attached hydrogen (secondary N) is 1. The van der Waals surface area contributed by atoms with Crippen molar-refractivity contribution in [2.45, 2.75) is 31.0 Å². The fourth-order valence-corrected chi connectivity index (χ4v) is 3.17. The summed E-state index contributed by atoms with van der Waals surface area (Å²) in [5.41, 5.74) is -0.408. The highest BCUT2D eigenvalue weighted by molar-refractivity contribution is 5.97. The van der Waals surface area contributed by atoms with Gasteiger partial charge in [-0.15, -0.1) is 0 Å². The number of hydrogen-bond acceptors (Lipinski definition) is 4. The number of carbonyl (C=O) groups excluding carboxylic acids is 2. The normalized spacial score (nSPS) is 20.5. The topological polar surface area (TPSA) is 75.4 Å². The third kappa shape index (κ3) is 3.41. The van der Waals surface area contributed by atoms with Gasteiger partial charge in [-0.3, -0.25) is 9.59 Å². The maximum absolute atomic E-state index is 12.9. The molecule has 0 spiro atoms. The maximum Gasteiger partial charge on any atom is 0.416 e. The van der Waals surface area contributed by atoms with Crippen molar-refractivity contribution in [1.82, 2.24) is 15.4 Å². The van der Waals surface area contributed by atoms with Crippen LogP contribution in [0.1, 0.15) is 52.2 Å². The number of aromatic nitrogens is 1. The third-order valence-corrected chi connectivity index (χ3v) is 4.75. The smallest absolute Gasteiger partial charge is 0.360 e. The Bertz CT molecular complexity index is 872. The van der Waals surface area contributed by atoms with Crippen LogP contribution in [0.15, 0.2) is 34.9 Å². The second-order valence-corrected chi connectivity index (χ2v) is 6.70. The minimum absolute atomic E-state index is 0.100. The Morgan fingerprint density at radius 3 is 2.56 bits per heavy atom. The van der Waals surface area contributed by atoms with Gasteiger partial charge in [0.2, 0.25) is 5.91 Å². The number of amides is 2. The zero-order valence-corrected chi connectivity index (χ0v) is 14.1. The lowest BCUT2D eigenvalue weighted by Crippen LogP contribution is -2.52. The predicted molar refractivity (Wildman–Crippen MR) is 86.7 cm³/mol. The van der Waals surface area contributed by atoms with Crippen LogP contribution in [0.25, 0.3) is 0 Å². The number of hydrogen-bond donors (Lipinski definition) is 1. The summed E-state index contributed by atoms with van der Waals surface area (Å²) in [6.07, 6.45) is -2.49. The monoisotopic (exact) mass is 379 g/mol. The van der Waals surface area contributed by atoms with E-state index in [4.69, 9.17) is 4.52 Å². The van der Waals surface area contributed by atoms with Gasteiger partial charge in [-0.05, 0) is 30.5 Å². The second-order valence-electron chi connectivity index (χ2n) is 6.70. The van der Waals surface area contributed by atoms with Gasteiger partial charge < -0.3 is 14.7 Å². The Kier molecular flexibility index (Phi) is 4.16.